The number of halogens is 3. The van der Waals surface area contributed by atoms with E-state index in [1.54, 1.807) is 42.5 Å². The van der Waals surface area contributed by atoms with Crippen molar-refractivity contribution < 1.29 is 30.8 Å². The van der Waals surface area contributed by atoms with Gasteiger partial charge in [-0.25, -0.2) is 21.2 Å². The summed E-state index contributed by atoms with van der Waals surface area (Å²) in [6, 6.07) is 16.4. The van der Waals surface area contributed by atoms with Crippen molar-refractivity contribution in [3.05, 3.63) is 93.7 Å². The Labute approximate surface area is 249 Å². The second-order valence-corrected chi connectivity index (χ2v) is 15.8. The smallest absolute Gasteiger partial charge is 0.225 e. The van der Waals surface area contributed by atoms with Gasteiger partial charge in [-0.15, -0.1) is 0 Å². The molecule has 2 fully saturated rings. The Bertz CT molecular complexity index is 1630. The van der Waals surface area contributed by atoms with Crippen LogP contribution in [0.1, 0.15) is 30.4 Å². The van der Waals surface area contributed by atoms with Gasteiger partial charge in [-0.2, -0.15) is 0 Å². The summed E-state index contributed by atoms with van der Waals surface area (Å²) in [5.41, 5.74) is 1.09. The maximum atomic E-state index is 14.2. The predicted molar refractivity (Wildman–Crippen MR) is 155 cm³/mol. The van der Waals surface area contributed by atoms with Crippen molar-refractivity contribution >= 4 is 48.8 Å². The highest BCUT2D eigenvalue weighted by molar-refractivity contribution is 7.92. The van der Waals surface area contributed by atoms with Crippen molar-refractivity contribution in [1.29, 1.82) is 0 Å². The standard InChI is InChI=1S/C29H28Cl2FNO6S2/c30-26-2-1-3-27(31)25(26)18-39-23-8-4-21(5-9-23)29(41(37,38)24-10-6-22(32)7-11-24)14-15-33(19-29)28(34)20-12-16-40(35,36)17-13-20/h1-11,20H,12-19H2/t29-/m0/s1. The molecule has 3 aromatic rings. The summed E-state index contributed by atoms with van der Waals surface area (Å²) in [6.07, 6.45) is 0.562. The Morgan fingerprint density at radius 3 is 2.20 bits per heavy atom. The van der Waals surface area contributed by atoms with Crippen LogP contribution in [-0.2, 0) is 35.8 Å². The van der Waals surface area contributed by atoms with Crippen LogP contribution < -0.4 is 4.74 Å². The minimum Gasteiger partial charge on any atom is -0.489 e. The molecule has 0 aromatic heterocycles. The van der Waals surface area contributed by atoms with Gasteiger partial charge in [0.25, 0.3) is 0 Å². The molecule has 0 N–H and O–H groups in total. The molecule has 5 rings (SSSR count). The highest BCUT2D eigenvalue weighted by atomic mass is 35.5. The molecule has 2 saturated heterocycles. The quantitative estimate of drug-likeness (QED) is 0.320. The van der Waals surface area contributed by atoms with Gasteiger partial charge in [0.2, 0.25) is 5.91 Å². The molecule has 1 atom stereocenters. The molecule has 7 nitrogen and oxygen atoms in total. The van der Waals surface area contributed by atoms with E-state index < -0.39 is 36.2 Å². The van der Waals surface area contributed by atoms with Crippen molar-refractivity contribution in [3.8, 4) is 5.75 Å². The molecule has 0 bridgehead atoms. The summed E-state index contributed by atoms with van der Waals surface area (Å²) in [5.74, 6) is -0.932. The zero-order valence-corrected chi connectivity index (χ0v) is 25.1. The third kappa shape index (κ3) is 5.98. The number of nitrogens with zero attached hydrogens (tertiary/aromatic N) is 1. The lowest BCUT2D eigenvalue weighted by Crippen LogP contribution is -2.43. The summed E-state index contributed by atoms with van der Waals surface area (Å²) in [4.78, 5) is 14.9. The van der Waals surface area contributed by atoms with Crippen LogP contribution in [0.5, 0.6) is 5.75 Å². The van der Waals surface area contributed by atoms with Crippen molar-refractivity contribution in [2.45, 2.75) is 35.5 Å². The van der Waals surface area contributed by atoms with Gasteiger partial charge in [-0.1, -0.05) is 41.4 Å². The van der Waals surface area contributed by atoms with Gasteiger partial charge in [0.15, 0.2) is 9.84 Å². The van der Waals surface area contributed by atoms with Crippen LogP contribution in [0.25, 0.3) is 0 Å². The first kappa shape index (κ1) is 29.8. The molecule has 0 aliphatic carbocycles. The molecule has 2 aliphatic rings. The Balaban J connectivity index is 1.44. The van der Waals surface area contributed by atoms with Gasteiger partial charge in [-0.3, -0.25) is 4.79 Å². The second-order valence-electron chi connectivity index (χ2n) is 10.4. The number of hydrogen-bond donors (Lipinski definition) is 0. The zero-order chi connectivity index (χ0) is 29.4. The third-order valence-electron chi connectivity index (χ3n) is 7.91. The van der Waals surface area contributed by atoms with E-state index in [4.69, 9.17) is 27.9 Å². The molecular formula is C29H28Cl2FNO6S2. The van der Waals surface area contributed by atoms with E-state index in [1.165, 1.54) is 17.0 Å². The van der Waals surface area contributed by atoms with E-state index in [0.29, 0.717) is 26.9 Å². The van der Waals surface area contributed by atoms with Crippen LogP contribution in [0.4, 0.5) is 4.39 Å². The Kier molecular flexibility index (Phi) is 8.40. The van der Waals surface area contributed by atoms with E-state index in [0.717, 1.165) is 12.1 Å². The van der Waals surface area contributed by atoms with Gasteiger partial charge in [-0.05, 0) is 73.4 Å². The Morgan fingerprint density at radius 2 is 1.59 bits per heavy atom. The second kappa shape index (κ2) is 11.6. The summed E-state index contributed by atoms with van der Waals surface area (Å²) in [6.45, 7) is 0.187. The maximum Gasteiger partial charge on any atom is 0.225 e. The fourth-order valence-electron chi connectivity index (χ4n) is 5.50. The first-order valence-electron chi connectivity index (χ1n) is 13.1. The molecule has 2 aliphatic heterocycles. The number of amides is 1. The molecule has 41 heavy (non-hydrogen) atoms. The number of benzene rings is 3. The van der Waals surface area contributed by atoms with E-state index in [1.807, 2.05) is 0 Å². The van der Waals surface area contributed by atoms with Gasteiger partial charge >= 0.3 is 0 Å². The minimum atomic E-state index is -4.10. The van der Waals surface area contributed by atoms with Gasteiger partial charge in [0, 0.05) is 34.6 Å². The molecule has 0 radical (unpaired) electrons. The lowest BCUT2D eigenvalue weighted by atomic mass is 9.97. The van der Waals surface area contributed by atoms with Crippen molar-refractivity contribution in [2.24, 2.45) is 5.92 Å². The normalized spacial score (nSPS) is 21.1. The summed E-state index contributed by atoms with van der Waals surface area (Å²) < 4.78 is 70.1. The molecule has 1 amide bonds. The maximum absolute atomic E-state index is 14.2. The zero-order valence-electron chi connectivity index (χ0n) is 21.9. The summed E-state index contributed by atoms with van der Waals surface area (Å²) in [7, 11) is -7.25. The van der Waals surface area contributed by atoms with E-state index >= 15 is 0 Å². The molecule has 218 valence electrons. The molecule has 0 saturated carbocycles. The van der Waals surface area contributed by atoms with Gasteiger partial charge in [0.05, 0.1) is 16.4 Å². The largest absolute Gasteiger partial charge is 0.489 e. The van der Waals surface area contributed by atoms with E-state index in [-0.39, 0.29) is 61.3 Å². The van der Waals surface area contributed by atoms with E-state index in [9.17, 15) is 26.0 Å². The monoisotopic (exact) mass is 639 g/mol. The number of carbonyl (C=O) groups excluding carboxylic acids is 1. The number of sulfone groups is 2. The highest BCUT2D eigenvalue weighted by Gasteiger charge is 2.52. The lowest BCUT2D eigenvalue weighted by molar-refractivity contribution is -0.134. The third-order valence-corrected chi connectivity index (χ3v) is 12.8. The Hall–Kier alpha value is -2.66. The van der Waals surface area contributed by atoms with Crippen LogP contribution in [0.2, 0.25) is 10.0 Å². The summed E-state index contributed by atoms with van der Waals surface area (Å²) >= 11 is 12.5. The molecule has 12 heteroatoms. The predicted octanol–water partition coefficient (Wildman–Crippen LogP) is 5.44. The van der Waals surface area contributed by atoms with Crippen LogP contribution >= 0.6 is 23.2 Å². The average Bonchev–Trinajstić information content (AvgIpc) is 3.40. The van der Waals surface area contributed by atoms with Gasteiger partial charge in [0.1, 0.15) is 32.8 Å². The number of carbonyl (C=O) groups is 1. The van der Waals surface area contributed by atoms with Crippen LogP contribution in [0.3, 0.4) is 0 Å². The molecule has 2 heterocycles. The fraction of sp³-hybridized carbons (Fsp3) is 0.345. The van der Waals surface area contributed by atoms with Crippen LogP contribution in [0.15, 0.2) is 71.6 Å². The summed E-state index contributed by atoms with van der Waals surface area (Å²) in [5, 5.41) is 0.925. The molecular weight excluding hydrogens is 612 g/mol. The fourth-order valence-corrected chi connectivity index (χ4v) is 9.57. The number of likely N-dealkylation sites (tertiary alicyclic amines) is 1. The first-order chi connectivity index (χ1) is 19.4. The lowest BCUT2D eigenvalue weighted by Gasteiger charge is -2.31. The van der Waals surface area contributed by atoms with Crippen molar-refractivity contribution in [1.82, 2.24) is 4.90 Å². The Morgan fingerprint density at radius 1 is 0.976 bits per heavy atom. The van der Waals surface area contributed by atoms with Crippen molar-refractivity contribution in [3.63, 3.8) is 0 Å². The molecule has 3 aromatic carbocycles. The number of hydrogen-bond acceptors (Lipinski definition) is 6. The van der Waals surface area contributed by atoms with Gasteiger partial charge < -0.3 is 9.64 Å². The molecule has 0 spiro atoms. The number of rotatable bonds is 7. The molecule has 0 unspecified atom stereocenters. The van der Waals surface area contributed by atoms with Crippen molar-refractivity contribution in [2.75, 3.05) is 24.6 Å². The van der Waals surface area contributed by atoms with E-state index in [2.05, 4.69) is 0 Å². The highest BCUT2D eigenvalue weighted by Crippen LogP contribution is 2.44. The first-order valence-corrected chi connectivity index (χ1v) is 17.1. The topological polar surface area (TPSA) is 97.8 Å². The average molecular weight is 641 g/mol. The van der Waals surface area contributed by atoms with Crippen LogP contribution in [-0.4, -0.2) is 52.2 Å². The SMILES string of the molecule is O=C(C1CCS(=O)(=O)CC1)N1CC[C@](c2ccc(OCc3c(Cl)cccc3Cl)cc2)(S(=O)(=O)c2ccc(F)cc2)C1. The van der Waals surface area contributed by atoms with Crippen LogP contribution in [0, 0.1) is 11.7 Å². The minimum absolute atomic E-state index is 0.0503. The number of ether oxygens (including phenoxy) is 1.